The Morgan fingerprint density at radius 1 is 0.927 bits per heavy atom. The van der Waals surface area contributed by atoms with Crippen molar-refractivity contribution in [2.45, 2.75) is 18.8 Å². The molecule has 1 aliphatic heterocycles. The fourth-order valence-corrected chi connectivity index (χ4v) is 5.49. The van der Waals surface area contributed by atoms with E-state index in [4.69, 9.17) is 4.98 Å². The van der Waals surface area contributed by atoms with Crippen LogP contribution in [0.3, 0.4) is 0 Å². The van der Waals surface area contributed by atoms with Crippen LogP contribution in [0.25, 0.3) is 33.4 Å². The van der Waals surface area contributed by atoms with Gasteiger partial charge in [-0.1, -0.05) is 24.3 Å². The molecule has 4 aromatic heterocycles. The van der Waals surface area contributed by atoms with Crippen molar-refractivity contribution in [3.05, 3.63) is 109 Å². The Balaban J connectivity index is 1.08. The summed E-state index contributed by atoms with van der Waals surface area (Å²) in [5.41, 5.74) is 6.63. The molecule has 1 saturated heterocycles. The number of rotatable bonds is 6. The number of hydrogen-bond acceptors (Lipinski definition) is 6. The molecule has 1 fully saturated rings. The first-order valence-electron chi connectivity index (χ1n) is 13.7. The number of aromatic nitrogens is 6. The van der Waals surface area contributed by atoms with Gasteiger partial charge in [0.2, 0.25) is 0 Å². The number of aromatic amines is 2. The molecule has 6 aromatic rings. The zero-order valence-electron chi connectivity index (χ0n) is 22.3. The van der Waals surface area contributed by atoms with Crippen molar-refractivity contribution in [3.8, 4) is 22.5 Å². The summed E-state index contributed by atoms with van der Waals surface area (Å²) in [6.07, 6.45) is 11.1. The number of benzene rings is 2. The summed E-state index contributed by atoms with van der Waals surface area (Å²) in [5, 5.41) is 11.2. The minimum Gasteiger partial charge on any atom is -0.351 e. The van der Waals surface area contributed by atoms with E-state index in [0.717, 1.165) is 52.7 Å². The molecule has 5 heterocycles. The molecule has 0 radical (unpaired) electrons. The highest BCUT2D eigenvalue weighted by molar-refractivity contribution is 5.98. The van der Waals surface area contributed by atoms with Crippen LogP contribution >= 0.6 is 0 Å². The fraction of sp³-hybridized carbons (Fsp3) is 0.156. The summed E-state index contributed by atoms with van der Waals surface area (Å²) < 4.78 is 0. The van der Waals surface area contributed by atoms with Gasteiger partial charge >= 0.3 is 0 Å². The topological polar surface area (TPSA) is 115 Å². The van der Waals surface area contributed by atoms with Crippen LogP contribution in [0, 0.1) is 0 Å². The average molecular weight is 541 g/mol. The number of H-pyrrole nitrogens is 2. The van der Waals surface area contributed by atoms with Crippen LogP contribution in [-0.4, -0.2) is 54.0 Å². The number of nitrogens with one attached hydrogen (secondary N) is 3. The summed E-state index contributed by atoms with van der Waals surface area (Å²) in [6.45, 7) is 1.48. The Morgan fingerprint density at radius 2 is 1.78 bits per heavy atom. The second-order valence-corrected chi connectivity index (χ2v) is 10.3. The molecule has 1 unspecified atom stereocenters. The number of fused-ring (bicyclic) bond motifs is 1. The molecule has 9 nitrogen and oxygen atoms in total. The van der Waals surface area contributed by atoms with Crippen molar-refractivity contribution >= 4 is 28.3 Å². The molecule has 41 heavy (non-hydrogen) atoms. The maximum atomic E-state index is 13.5. The first kappa shape index (κ1) is 24.7. The van der Waals surface area contributed by atoms with Crippen LogP contribution in [0.15, 0.2) is 97.7 Å². The Bertz CT molecular complexity index is 1800. The molecular formula is C32H28N8O. The van der Waals surface area contributed by atoms with E-state index in [9.17, 15) is 4.79 Å². The number of carbonyl (C=O) groups is 1. The van der Waals surface area contributed by atoms with E-state index < -0.39 is 0 Å². The Morgan fingerprint density at radius 3 is 2.61 bits per heavy atom. The van der Waals surface area contributed by atoms with Gasteiger partial charge in [-0.15, -0.1) is 0 Å². The molecule has 0 saturated carbocycles. The molecule has 2 aromatic carbocycles. The minimum absolute atomic E-state index is 0.0303. The van der Waals surface area contributed by atoms with Crippen LogP contribution in [0.4, 0.5) is 11.5 Å². The summed E-state index contributed by atoms with van der Waals surface area (Å²) in [4.78, 5) is 32.1. The van der Waals surface area contributed by atoms with Gasteiger partial charge in [0.15, 0.2) is 5.82 Å². The first-order valence-corrected chi connectivity index (χ1v) is 13.7. The van der Waals surface area contributed by atoms with Gasteiger partial charge < -0.3 is 15.2 Å². The Labute approximate surface area is 236 Å². The molecule has 202 valence electrons. The summed E-state index contributed by atoms with van der Waals surface area (Å²) in [5.74, 6) is 1.66. The molecule has 1 aliphatic rings. The third kappa shape index (κ3) is 5.17. The van der Waals surface area contributed by atoms with Crippen molar-refractivity contribution < 1.29 is 4.79 Å². The number of likely N-dealkylation sites (tertiary alicyclic amines) is 1. The summed E-state index contributed by atoms with van der Waals surface area (Å²) in [7, 11) is 0. The van der Waals surface area contributed by atoms with Gasteiger partial charge in [0, 0.05) is 71.5 Å². The van der Waals surface area contributed by atoms with Gasteiger partial charge in [-0.3, -0.25) is 14.9 Å². The Hall–Kier alpha value is -5.31. The molecule has 3 N–H and O–H groups in total. The second-order valence-electron chi connectivity index (χ2n) is 10.3. The molecule has 9 heteroatoms. The number of pyridine rings is 1. The summed E-state index contributed by atoms with van der Waals surface area (Å²) in [6, 6.07) is 22.0. The van der Waals surface area contributed by atoms with Crippen LogP contribution in [0.2, 0.25) is 0 Å². The molecule has 1 atom stereocenters. The van der Waals surface area contributed by atoms with Gasteiger partial charge in [0.25, 0.3) is 5.91 Å². The largest absolute Gasteiger partial charge is 0.351 e. The highest BCUT2D eigenvalue weighted by atomic mass is 16.2. The molecule has 0 aliphatic carbocycles. The SMILES string of the molecule is O=C(c1cc2ccc(-c3nccc(Nc4ccc(-c5cn[nH]c5)cc4)n3)cc2[nH]1)N1CCCC(c2ccncc2)C1. The van der Waals surface area contributed by atoms with Crippen LogP contribution in [-0.2, 0) is 0 Å². The molecule has 0 bridgehead atoms. The average Bonchev–Trinajstić information content (AvgIpc) is 3.72. The molecular weight excluding hydrogens is 512 g/mol. The number of anilines is 2. The van der Waals surface area contributed by atoms with E-state index >= 15 is 0 Å². The highest BCUT2D eigenvalue weighted by Crippen LogP contribution is 2.29. The molecule has 0 spiro atoms. The minimum atomic E-state index is 0.0303. The third-order valence-electron chi connectivity index (χ3n) is 7.64. The van der Waals surface area contributed by atoms with Crippen molar-refractivity contribution in [3.63, 3.8) is 0 Å². The van der Waals surface area contributed by atoms with Gasteiger partial charge in [0.1, 0.15) is 11.5 Å². The summed E-state index contributed by atoms with van der Waals surface area (Å²) >= 11 is 0. The van der Waals surface area contributed by atoms with Crippen LogP contribution < -0.4 is 5.32 Å². The van der Waals surface area contributed by atoms with Crippen molar-refractivity contribution in [1.82, 2.24) is 35.0 Å². The maximum Gasteiger partial charge on any atom is 0.270 e. The van der Waals surface area contributed by atoms with Crippen LogP contribution in [0.5, 0.6) is 0 Å². The van der Waals surface area contributed by atoms with E-state index in [1.807, 2.05) is 90.2 Å². The fourth-order valence-electron chi connectivity index (χ4n) is 5.49. The van der Waals surface area contributed by atoms with E-state index in [1.165, 1.54) is 5.56 Å². The van der Waals surface area contributed by atoms with E-state index in [0.29, 0.717) is 29.8 Å². The smallest absolute Gasteiger partial charge is 0.270 e. The number of hydrogen-bond donors (Lipinski definition) is 3. The lowest BCUT2D eigenvalue weighted by molar-refractivity contribution is 0.0702. The lowest BCUT2D eigenvalue weighted by atomic mass is 9.91. The number of carbonyl (C=O) groups excluding carboxylic acids is 1. The number of amides is 1. The normalized spacial score (nSPS) is 15.2. The predicted octanol–water partition coefficient (Wildman–Crippen LogP) is 6.17. The van der Waals surface area contributed by atoms with Crippen molar-refractivity contribution in [1.29, 1.82) is 0 Å². The zero-order chi connectivity index (χ0) is 27.6. The first-order chi connectivity index (χ1) is 20.2. The number of piperidine rings is 1. The van der Waals surface area contributed by atoms with E-state index in [1.54, 1.807) is 12.4 Å². The lowest BCUT2D eigenvalue weighted by Gasteiger charge is -2.32. The quantitative estimate of drug-likeness (QED) is 0.233. The predicted molar refractivity (Wildman–Crippen MR) is 159 cm³/mol. The van der Waals surface area contributed by atoms with Gasteiger partial charge in [-0.2, -0.15) is 5.10 Å². The van der Waals surface area contributed by atoms with E-state index in [2.05, 4.69) is 30.5 Å². The van der Waals surface area contributed by atoms with Crippen molar-refractivity contribution in [2.24, 2.45) is 0 Å². The standard InChI is InChI=1S/C32H28N8O/c41-32(40-15-1-2-25(20-40)22-9-12-33-13-10-22)29-16-23-3-4-24(17-28(23)38-29)31-34-14-11-30(39-31)37-27-7-5-21(6-8-27)26-18-35-36-19-26/h3-14,16-19,25,38H,1-2,15,20H2,(H,35,36)(H,34,37,39). The monoisotopic (exact) mass is 540 g/mol. The highest BCUT2D eigenvalue weighted by Gasteiger charge is 2.26. The van der Waals surface area contributed by atoms with E-state index in [-0.39, 0.29) is 5.91 Å². The lowest BCUT2D eigenvalue weighted by Crippen LogP contribution is -2.39. The second kappa shape index (κ2) is 10.7. The van der Waals surface area contributed by atoms with Crippen LogP contribution in [0.1, 0.15) is 34.8 Å². The van der Waals surface area contributed by atoms with Gasteiger partial charge in [-0.25, -0.2) is 9.97 Å². The van der Waals surface area contributed by atoms with Crippen molar-refractivity contribution in [2.75, 3.05) is 18.4 Å². The number of nitrogens with zero attached hydrogens (tertiary/aromatic N) is 5. The zero-order valence-corrected chi connectivity index (χ0v) is 22.3. The maximum absolute atomic E-state index is 13.5. The van der Waals surface area contributed by atoms with Gasteiger partial charge in [0.05, 0.1) is 6.20 Å². The third-order valence-corrected chi connectivity index (χ3v) is 7.64. The van der Waals surface area contributed by atoms with Gasteiger partial charge in [-0.05, 0) is 66.4 Å². The Kier molecular flexibility index (Phi) is 6.44. The molecule has 1 amide bonds. The molecule has 7 rings (SSSR count).